The van der Waals surface area contributed by atoms with E-state index in [4.69, 9.17) is 0 Å². The van der Waals surface area contributed by atoms with E-state index in [9.17, 15) is 4.79 Å². The Labute approximate surface area is 136 Å². The summed E-state index contributed by atoms with van der Waals surface area (Å²) in [6.45, 7) is 9.83. The fraction of sp³-hybridized carbons (Fsp3) is 0.952. The summed E-state index contributed by atoms with van der Waals surface area (Å²) in [5.41, 5.74) is 1.03. The van der Waals surface area contributed by atoms with Gasteiger partial charge in [0.1, 0.15) is 5.78 Å². The van der Waals surface area contributed by atoms with Crippen molar-refractivity contribution in [2.75, 3.05) is 0 Å². The van der Waals surface area contributed by atoms with Crippen LogP contribution in [0.25, 0.3) is 0 Å². The molecule has 4 aliphatic rings. The summed E-state index contributed by atoms with van der Waals surface area (Å²) < 4.78 is 0. The Balaban J connectivity index is 1.35. The van der Waals surface area contributed by atoms with Crippen molar-refractivity contribution < 1.29 is 4.79 Å². The van der Waals surface area contributed by atoms with Gasteiger partial charge in [-0.2, -0.15) is 0 Å². The Kier molecular flexibility index (Phi) is 3.34. The first kappa shape index (κ1) is 15.2. The summed E-state index contributed by atoms with van der Waals surface area (Å²) >= 11 is 0. The topological polar surface area (TPSA) is 17.1 Å². The Morgan fingerprint density at radius 3 is 1.45 bits per heavy atom. The third kappa shape index (κ3) is 2.06. The quantitative estimate of drug-likeness (QED) is 0.672. The Hall–Kier alpha value is -0.330. The van der Waals surface area contributed by atoms with Crippen LogP contribution in [-0.4, -0.2) is 5.78 Å². The zero-order valence-corrected chi connectivity index (χ0v) is 15.0. The molecule has 0 aromatic rings. The van der Waals surface area contributed by atoms with E-state index in [0.29, 0.717) is 28.4 Å². The molecule has 0 aliphatic heterocycles. The van der Waals surface area contributed by atoms with Crippen molar-refractivity contribution in [2.24, 2.45) is 46.3 Å². The van der Waals surface area contributed by atoms with Gasteiger partial charge in [-0.15, -0.1) is 0 Å². The Morgan fingerprint density at radius 2 is 1.18 bits per heavy atom. The lowest BCUT2D eigenvalue weighted by Crippen LogP contribution is -2.24. The van der Waals surface area contributed by atoms with Crippen LogP contribution in [-0.2, 0) is 4.79 Å². The normalized spacial score (nSPS) is 47.3. The van der Waals surface area contributed by atoms with Crippen LogP contribution in [0.5, 0.6) is 0 Å². The van der Waals surface area contributed by atoms with Crippen molar-refractivity contribution >= 4 is 5.78 Å². The van der Waals surface area contributed by atoms with Gasteiger partial charge in [0.25, 0.3) is 0 Å². The van der Waals surface area contributed by atoms with E-state index in [1.165, 1.54) is 38.5 Å². The van der Waals surface area contributed by atoms with E-state index in [-0.39, 0.29) is 0 Å². The largest absolute Gasteiger partial charge is 0.300 e. The lowest BCUT2D eigenvalue weighted by Gasteiger charge is -2.28. The van der Waals surface area contributed by atoms with Crippen molar-refractivity contribution in [3.05, 3.63) is 0 Å². The first-order chi connectivity index (χ1) is 10.3. The zero-order chi connectivity index (χ0) is 15.7. The molecule has 0 spiro atoms. The minimum atomic E-state index is 0.513. The standard InChI is InChI=1S/C21H34O/c1-20(2)15-5-7-18(20)13(9-15)11-17(22)12-14-10-16-6-8-19(14)21(16,3)4/h13-16,18-19H,5-12H2,1-4H3. The minimum absolute atomic E-state index is 0.513. The molecule has 0 aromatic carbocycles. The summed E-state index contributed by atoms with van der Waals surface area (Å²) in [6.07, 6.45) is 10.1. The Bertz CT molecular complexity index is 432. The van der Waals surface area contributed by atoms with E-state index in [1.54, 1.807) is 0 Å². The van der Waals surface area contributed by atoms with Crippen molar-refractivity contribution in [2.45, 2.75) is 79.1 Å². The molecule has 1 nitrogen and oxygen atoms in total. The summed E-state index contributed by atoms with van der Waals surface area (Å²) in [6, 6.07) is 0. The second-order valence-electron chi connectivity index (χ2n) is 10.3. The molecule has 4 rings (SSSR count). The third-order valence-corrected chi connectivity index (χ3v) is 8.96. The van der Waals surface area contributed by atoms with Gasteiger partial charge in [0.05, 0.1) is 0 Å². The molecular formula is C21H34O. The first-order valence-electron chi connectivity index (χ1n) is 9.82. The fourth-order valence-electron chi connectivity index (χ4n) is 7.56. The van der Waals surface area contributed by atoms with Crippen LogP contribution >= 0.6 is 0 Å². The number of fused-ring (bicyclic) bond motifs is 4. The molecule has 0 saturated heterocycles. The van der Waals surface area contributed by atoms with E-state index >= 15 is 0 Å². The van der Waals surface area contributed by atoms with Crippen LogP contribution in [0.1, 0.15) is 79.1 Å². The van der Waals surface area contributed by atoms with E-state index in [1.807, 2.05) is 0 Å². The summed E-state index contributed by atoms with van der Waals surface area (Å²) in [5.74, 6) is 5.49. The van der Waals surface area contributed by atoms with E-state index < -0.39 is 0 Å². The molecule has 0 aromatic heterocycles. The molecule has 4 aliphatic carbocycles. The van der Waals surface area contributed by atoms with Crippen LogP contribution in [0.4, 0.5) is 0 Å². The van der Waals surface area contributed by atoms with Crippen LogP contribution in [0, 0.1) is 46.3 Å². The van der Waals surface area contributed by atoms with Crippen molar-refractivity contribution in [3.8, 4) is 0 Å². The second-order valence-corrected chi connectivity index (χ2v) is 10.3. The van der Waals surface area contributed by atoms with Gasteiger partial charge >= 0.3 is 0 Å². The molecule has 4 fully saturated rings. The van der Waals surface area contributed by atoms with Gasteiger partial charge < -0.3 is 0 Å². The molecule has 1 heteroatoms. The highest BCUT2D eigenvalue weighted by molar-refractivity contribution is 5.79. The van der Waals surface area contributed by atoms with Crippen LogP contribution < -0.4 is 0 Å². The molecule has 6 unspecified atom stereocenters. The van der Waals surface area contributed by atoms with Crippen LogP contribution in [0.3, 0.4) is 0 Å². The van der Waals surface area contributed by atoms with Gasteiger partial charge in [0.2, 0.25) is 0 Å². The first-order valence-corrected chi connectivity index (χ1v) is 9.82. The smallest absolute Gasteiger partial charge is 0.133 e. The number of Topliss-reactive ketones (excluding diaryl/α,β-unsaturated/α-hetero) is 1. The van der Waals surface area contributed by atoms with Gasteiger partial charge in [-0.25, -0.2) is 0 Å². The molecule has 124 valence electrons. The van der Waals surface area contributed by atoms with Gasteiger partial charge in [-0.3, -0.25) is 4.79 Å². The molecule has 0 amide bonds. The average molecular weight is 303 g/mol. The second kappa shape index (κ2) is 4.84. The van der Waals surface area contributed by atoms with E-state index in [2.05, 4.69) is 27.7 Å². The highest BCUT2D eigenvalue weighted by Gasteiger charge is 2.55. The summed E-state index contributed by atoms with van der Waals surface area (Å²) in [4.78, 5) is 12.7. The van der Waals surface area contributed by atoms with Gasteiger partial charge in [-0.05, 0) is 84.9 Å². The molecule has 0 N–H and O–H groups in total. The third-order valence-electron chi connectivity index (χ3n) is 8.96. The Morgan fingerprint density at radius 1 is 0.773 bits per heavy atom. The SMILES string of the molecule is CC1(C)C2CCC1C(CC(=O)CC1CC3CCC1C3(C)C)C2. The van der Waals surface area contributed by atoms with Gasteiger partial charge in [0, 0.05) is 12.8 Å². The predicted molar refractivity (Wildman–Crippen MR) is 90.4 cm³/mol. The van der Waals surface area contributed by atoms with Crippen LogP contribution in [0.2, 0.25) is 0 Å². The van der Waals surface area contributed by atoms with E-state index in [0.717, 1.165) is 36.5 Å². The van der Waals surface area contributed by atoms with Gasteiger partial charge in [-0.1, -0.05) is 27.7 Å². The molecule has 4 saturated carbocycles. The molecule has 0 heterocycles. The number of carbonyl (C=O) groups is 1. The lowest BCUT2D eigenvalue weighted by molar-refractivity contribution is -0.121. The monoisotopic (exact) mass is 302 g/mol. The maximum absolute atomic E-state index is 12.7. The predicted octanol–water partition coefficient (Wildman–Crippen LogP) is 5.48. The van der Waals surface area contributed by atoms with Crippen molar-refractivity contribution in [3.63, 3.8) is 0 Å². The average Bonchev–Trinajstić information content (AvgIpc) is 3.04. The van der Waals surface area contributed by atoms with Gasteiger partial charge in [0.15, 0.2) is 0 Å². The van der Waals surface area contributed by atoms with Crippen molar-refractivity contribution in [1.29, 1.82) is 0 Å². The fourth-order valence-corrected chi connectivity index (χ4v) is 7.56. The number of ketones is 1. The molecule has 6 atom stereocenters. The molecular weight excluding hydrogens is 268 g/mol. The number of hydrogen-bond acceptors (Lipinski definition) is 1. The maximum Gasteiger partial charge on any atom is 0.133 e. The lowest BCUT2D eigenvalue weighted by atomic mass is 9.76. The highest BCUT2D eigenvalue weighted by Crippen LogP contribution is 2.62. The minimum Gasteiger partial charge on any atom is -0.300 e. The van der Waals surface area contributed by atoms with Crippen molar-refractivity contribution in [1.82, 2.24) is 0 Å². The molecule has 0 radical (unpaired) electrons. The maximum atomic E-state index is 12.7. The summed E-state index contributed by atoms with van der Waals surface area (Å²) in [7, 11) is 0. The molecule has 22 heavy (non-hydrogen) atoms. The highest BCUT2D eigenvalue weighted by atomic mass is 16.1. The molecule has 4 bridgehead atoms. The van der Waals surface area contributed by atoms with Crippen LogP contribution in [0.15, 0.2) is 0 Å². The number of carbonyl (C=O) groups excluding carboxylic acids is 1. The zero-order valence-electron chi connectivity index (χ0n) is 15.0. The summed E-state index contributed by atoms with van der Waals surface area (Å²) in [5, 5.41) is 0. The number of rotatable bonds is 4. The number of hydrogen-bond donors (Lipinski definition) is 0.